The number of benzene rings is 1. The van der Waals surface area contributed by atoms with E-state index in [1.807, 2.05) is 31.3 Å². The second-order valence-electron chi connectivity index (χ2n) is 4.62. The molecule has 0 amide bonds. The highest BCUT2D eigenvalue weighted by molar-refractivity contribution is 6.31. The molecule has 1 atom stereocenters. The Bertz CT molecular complexity index is 418. The maximum absolute atomic E-state index is 12.4. The molecule has 2 nitrogen and oxygen atoms in total. The molecule has 0 heterocycles. The Hall–Kier alpha value is -0.860. The number of hydrogen-bond donors (Lipinski definition) is 1. The van der Waals surface area contributed by atoms with Gasteiger partial charge in [0.2, 0.25) is 0 Å². The summed E-state index contributed by atoms with van der Waals surface area (Å²) >= 11 is 6.25. The van der Waals surface area contributed by atoms with E-state index in [4.69, 9.17) is 11.6 Å². The summed E-state index contributed by atoms with van der Waals surface area (Å²) < 4.78 is 0. The van der Waals surface area contributed by atoms with Crippen LogP contribution in [0.3, 0.4) is 0 Å². The number of rotatable bonds is 2. The minimum Gasteiger partial charge on any atom is -0.304 e. The van der Waals surface area contributed by atoms with E-state index in [1.165, 1.54) is 0 Å². The fraction of sp³-hybridized carbons (Fsp3) is 0.500. The van der Waals surface area contributed by atoms with Gasteiger partial charge < -0.3 is 5.32 Å². The summed E-state index contributed by atoms with van der Waals surface area (Å²) in [6, 6.07) is 7.66. The zero-order valence-corrected chi connectivity index (χ0v) is 10.9. The predicted molar refractivity (Wildman–Crippen MR) is 70.3 cm³/mol. The van der Waals surface area contributed by atoms with Gasteiger partial charge in [0.1, 0.15) is 5.54 Å². The number of ketones is 1. The molecule has 1 aromatic rings. The van der Waals surface area contributed by atoms with Gasteiger partial charge >= 0.3 is 0 Å². The van der Waals surface area contributed by atoms with Crippen molar-refractivity contribution in [3.05, 3.63) is 34.9 Å². The molecule has 17 heavy (non-hydrogen) atoms. The predicted octanol–water partition coefficient (Wildman–Crippen LogP) is 3.29. The van der Waals surface area contributed by atoms with E-state index in [1.54, 1.807) is 0 Å². The van der Waals surface area contributed by atoms with Gasteiger partial charge in [-0.05, 0) is 31.5 Å². The molecule has 3 heteroatoms. The van der Waals surface area contributed by atoms with E-state index in [0.29, 0.717) is 11.4 Å². The van der Waals surface area contributed by atoms with Gasteiger partial charge in [-0.3, -0.25) is 4.79 Å². The zero-order valence-electron chi connectivity index (χ0n) is 10.1. The summed E-state index contributed by atoms with van der Waals surface area (Å²) in [5.74, 6) is 0.269. The molecule has 0 aliphatic heterocycles. The Morgan fingerprint density at radius 1 is 1.24 bits per heavy atom. The largest absolute Gasteiger partial charge is 0.304 e. The van der Waals surface area contributed by atoms with Crippen LogP contribution < -0.4 is 5.32 Å². The lowest BCUT2D eigenvalue weighted by Gasteiger charge is -2.32. The summed E-state index contributed by atoms with van der Waals surface area (Å²) in [6.45, 7) is 0. The molecule has 0 saturated heterocycles. The minimum absolute atomic E-state index is 0.269. The van der Waals surface area contributed by atoms with E-state index in [0.717, 1.165) is 31.2 Å². The second kappa shape index (κ2) is 5.19. The van der Waals surface area contributed by atoms with E-state index in [9.17, 15) is 4.79 Å². The van der Waals surface area contributed by atoms with Crippen molar-refractivity contribution in [1.82, 2.24) is 5.32 Å². The molecular weight excluding hydrogens is 234 g/mol. The molecule has 1 aliphatic carbocycles. The highest BCUT2D eigenvalue weighted by atomic mass is 35.5. The third-order valence-corrected chi connectivity index (χ3v) is 4.02. The number of likely N-dealkylation sites (N-methyl/N-ethyl adjacent to an activating group) is 1. The Kier molecular flexibility index (Phi) is 3.85. The van der Waals surface area contributed by atoms with Crippen LogP contribution in [0.1, 0.15) is 37.7 Å². The number of nitrogens with one attached hydrogen (secondary N) is 1. The third-order valence-electron chi connectivity index (χ3n) is 3.69. The number of halogens is 1. The Morgan fingerprint density at radius 3 is 2.71 bits per heavy atom. The van der Waals surface area contributed by atoms with Gasteiger partial charge in [0.15, 0.2) is 5.78 Å². The first kappa shape index (κ1) is 12.6. The number of hydrogen-bond acceptors (Lipinski definition) is 2. The maximum atomic E-state index is 12.4. The van der Waals surface area contributed by atoms with Gasteiger partial charge in [0, 0.05) is 11.4 Å². The number of Topliss-reactive ketones (excluding diaryl/α,β-unsaturated/α-hetero) is 1. The lowest BCUT2D eigenvalue weighted by atomic mass is 9.82. The van der Waals surface area contributed by atoms with Gasteiger partial charge in [-0.25, -0.2) is 0 Å². The quantitative estimate of drug-likeness (QED) is 0.818. The summed E-state index contributed by atoms with van der Waals surface area (Å²) in [7, 11) is 1.85. The molecule has 2 rings (SSSR count). The van der Waals surface area contributed by atoms with Gasteiger partial charge in [-0.15, -0.1) is 0 Å². The van der Waals surface area contributed by atoms with E-state index >= 15 is 0 Å². The molecule has 1 aliphatic rings. The SMILES string of the molecule is CNC1(c2ccccc2Cl)CCCCCC1=O. The highest BCUT2D eigenvalue weighted by Crippen LogP contribution is 2.36. The lowest BCUT2D eigenvalue weighted by molar-refractivity contribution is -0.125. The molecule has 1 aromatic carbocycles. The Balaban J connectivity index is 2.48. The summed E-state index contributed by atoms with van der Waals surface area (Å²) in [4.78, 5) is 12.4. The van der Waals surface area contributed by atoms with Crippen LogP contribution >= 0.6 is 11.6 Å². The lowest BCUT2D eigenvalue weighted by Crippen LogP contribution is -2.47. The molecule has 1 fully saturated rings. The molecule has 1 unspecified atom stereocenters. The topological polar surface area (TPSA) is 29.1 Å². The standard InChI is InChI=1S/C14H18ClNO/c1-16-14(10-6-2-3-9-13(14)17)11-7-4-5-8-12(11)15/h4-5,7-8,16H,2-3,6,9-10H2,1H3. The molecule has 0 radical (unpaired) electrons. The van der Waals surface area contributed by atoms with Crippen molar-refractivity contribution in [2.75, 3.05) is 7.05 Å². The van der Waals surface area contributed by atoms with Crippen molar-refractivity contribution in [3.8, 4) is 0 Å². The van der Waals surface area contributed by atoms with E-state index < -0.39 is 5.54 Å². The molecule has 0 bridgehead atoms. The fourth-order valence-corrected chi connectivity index (χ4v) is 2.99. The maximum Gasteiger partial charge on any atom is 0.157 e. The van der Waals surface area contributed by atoms with Crippen LogP contribution in [-0.2, 0) is 10.3 Å². The highest BCUT2D eigenvalue weighted by Gasteiger charge is 2.39. The average molecular weight is 252 g/mol. The monoisotopic (exact) mass is 251 g/mol. The van der Waals surface area contributed by atoms with Crippen molar-refractivity contribution >= 4 is 17.4 Å². The first-order valence-electron chi connectivity index (χ1n) is 6.18. The van der Waals surface area contributed by atoms with Crippen LogP contribution in [-0.4, -0.2) is 12.8 Å². The molecule has 1 N–H and O–H groups in total. The van der Waals surface area contributed by atoms with Crippen LogP contribution in [0, 0.1) is 0 Å². The number of carbonyl (C=O) groups excluding carboxylic acids is 1. The Labute approximate surface area is 107 Å². The van der Waals surface area contributed by atoms with Crippen LogP contribution in [0.25, 0.3) is 0 Å². The van der Waals surface area contributed by atoms with Crippen molar-refractivity contribution in [3.63, 3.8) is 0 Å². The first-order chi connectivity index (χ1) is 8.20. The van der Waals surface area contributed by atoms with E-state index in [-0.39, 0.29) is 5.78 Å². The van der Waals surface area contributed by atoms with Crippen molar-refractivity contribution in [2.45, 2.75) is 37.6 Å². The Morgan fingerprint density at radius 2 is 2.00 bits per heavy atom. The average Bonchev–Trinajstić information content (AvgIpc) is 2.53. The van der Waals surface area contributed by atoms with Crippen LogP contribution in [0.15, 0.2) is 24.3 Å². The van der Waals surface area contributed by atoms with Crippen molar-refractivity contribution in [2.24, 2.45) is 0 Å². The van der Waals surface area contributed by atoms with Crippen molar-refractivity contribution in [1.29, 1.82) is 0 Å². The minimum atomic E-state index is -0.575. The van der Waals surface area contributed by atoms with Gasteiger partial charge in [0.05, 0.1) is 0 Å². The fourth-order valence-electron chi connectivity index (χ4n) is 2.70. The summed E-state index contributed by atoms with van der Waals surface area (Å²) in [5, 5.41) is 3.91. The third kappa shape index (κ3) is 2.24. The van der Waals surface area contributed by atoms with Crippen LogP contribution in [0.5, 0.6) is 0 Å². The zero-order chi connectivity index (χ0) is 12.3. The molecular formula is C14H18ClNO. The van der Waals surface area contributed by atoms with Crippen LogP contribution in [0.2, 0.25) is 5.02 Å². The summed E-state index contributed by atoms with van der Waals surface area (Å²) in [5.41, 5.74) is 0.352. The van der Waals surface area contributed by atoms with Gasteiger partial charge in [0.25, 0.3) is 0 Å². The van der Waals surface area contributed by atoms with Crippen molar-refractivity contribution < 1.29 is 4.79 Å². The molecule has 0 aromatic heterocycles. The summed E-state index contributed by atoms with van der Waals surface area (Å²) in [6.07, 6.45) is 4.67. The smallest absolute Gasteiger partial charge is 0.157 e. The van der Waals surface area contributed by atoms with Crippen LogP contribution in [0.4, 0.5) is 0 Å². The molecule has 0 spiro atoms. The van der Waals surface area contributed by atoms with E-state index in [2.05, 4.69) is 5.32 Å². The molecule has 92 valence electrons. The van der Waals surface area contributed by atoms with Gasteiger partial charge in [-0.2, -0.15) is 0 Å². The first-order valence-corrected chi connectivity index (χ1v) is 6.56. The normalized spacial score (nSPS) is 25.6. The number of carbonyl (C=O) groups is 1. The second-order valence-corrected chi connectivity index (χ2v) is 5.03. The van der Waals surface area contributed by atoms with Gasteiger partial charge in [-0.1, -0.05) is 42.6 Å². The molecule has 1 saturated carbocycles.